The maximum Gasteiger partial charge on any atom is 0.223 e. The second kappa shape index (κ2) is 5.29. The van der Waals surface area contributed by atoms with Crippen molar-refractivity contribution in [3.63, 3.8) is 0 Å². The molecule has 0 saturated carbocycles. The minimum Gasteiger partial charge on any atom is -0.391 e. The maximum absolute atomic E-state index is 5.78. The van der Waals surface area contributed by atoms with Crippen molar-refractivity contribution in [2.75, 3.05) is 0 Å². The van der Waals surface area contributed by atoms with Gasteiger partial charge in [-0.05, 0) is 17.0 Å². The minimum absolute atomic E-state index is 0.0105. The molecule has 0 bridgehead atoms. The Balaban J connectivity index is 2.74. The first-order chi connectivity index (χ1) is 7.63. The van der Waals surface area contributed by atoms with Crippen LogP contribution in [0.25, 0.3) is 0 Å². The van der Waals surface area contributed by atoms with Crippen molar-refractivity contribution < 1.29 is 4.74 Å². The summed E-state index contributed by atoms with van der Waals surface area (Å²) in [5.74, 6) is 0. The van der Waals surface area contributed by atoms with Gasteiger partial charge in [0.05, 0.1) is 45.8 Å². The highest BCUT2D eigenvalue weighted by Crippen LogP contribution is 2.27. The highest BCUT2D eigenvalue weighted by molar-refractivity contribution is 6.66. The lowest BCUT2D eigenvalue weighted by molar-refractivity contribution is 0.0641. The fraction of sp³-hybridized carbons (Fsp3) is 0.429. The molecule has 1 heterocycles. The van der Waals surface area contributed by atoms with Gasteiger partial charge in [0.25, 0.3) is 0 Å². The van der Waals surface area contributed by atoms with Gasteiger partial charge in [0.2, 0.25) is 5.28 Å². The normalized spacial score (nSPS) is 12.6. The van der Waals surface area contributed by atoms with E-state index in [4.69, 9.17) is 67.2 Å². The van der Waals surface area contributed by atoms with Gasteiger partial charge in [-0.1, -0.05) is 11.6 Å². The van der Waals surface area contributed by atoms with Gasteiger partial charge in [-0.2, -0.15) is 0 Å². The van der Waals surface area contributed by atoms with E-state index in [1.54, 1.807) is 0 Å². The number of aromatic nitrogens is 2. The Morgan fingerprint density at radius 2 is 1.76 bits per heavy atom. The van der Waals surface area contributed by atoms with Crippen LogP contribution in [0.1, 0.15) is 5.56 Å². The molecule has 10 heteroatoms. The van der Waals surface area contributed by atoms with Crippen molar-refractivity contribution in [2.24, 2.45) is 0 Å². The second-order valence-corrected chi connectivity index (χ2v) is 4.17. The van der Waals surface area contributed by atoms with Crippen LogP contribution in [0.15, 0.2) is 6.20 Å². The van der Waals surface area contributed by atoms with Gasteiger partial charge < -0.3 is 4.74 Å². The molecule has 3 nitrogen and oxygen atoms in total. The van der Waals surface area contributed by atoms with Gasteiger partial charge in [-0.25, -0.2) is 9.97 Å². The summed E-state index contributed by atoms with van der Waals surface area (Å²) in [6.45, 7) is -0.115. The highest BCUT2D eigenvalue weighted by Gasteiger charge is 2.31. The lowest BCUT2D eigenvalue weighted by atomic mass is 9.28. The predicted molar refractivity (Wildman–Crippen MR) is 71.0 cm³/mol. The Morgan fingerprint density at radius 1 is 1.18 bits per heavy atom. The van der Waals surface area contributed by atoms with Crippen LogP contribution in [0, 0.1) is 0 Å². The first-order valence-corrected chi connectivity index (χ1v) is 5.14. The van der Waals surface area contributed by atoms with E-state index < -0.39 is 10.5 Å². The smallest absolute Gasteiger partial charge is 0.223 e. The standard InChI is InChI=1S/C7H3B5Cl2N2O/c8-6(9,10)7(11,12)17-2-3-1-15-5(14)16-4(3)13/h1H,2H2. The molecule has 0 fully saturated rings. The molecule has 10 radical (unpaired) electrons. The number of hydrogen-bond acceptors (Lipinski definition) is 3. The van der Waals surface area contributed by atoms with Gasteiger partial charge in [-0.3, -0.25) is 0 Å². The van der Waals surface area contributed by atoms with E-state index >= 15 is 0 Å². The molecule has 0 atom stereocenters. The Morgan fingerprint density at radius 3 is 2.24 bits per heavy atom. The SMILES string of the molecule is [B]C([B])([B])C([B])([B])OCc1cnc(Cl)nc1Cl. The molecule has 0 amide bonds. The topological polar surface area (TPSA) is 35.0 Å². The van der Waals surface area contributed by atoms with Crippen LogP contribution in [0.3, 0.4) is 0 Å². The fourth-order valence-corrected chi connectivity index (χ4v) is 1.15. The Kier molecular flexibility index (Phi) is 4.67. The van der Waals surface area contributed by atoms with E-state index in [9.17, 15) is 0 Å². The van der Waals surface area contributed by atoms with Gasteiger partial charge >= 0.3 is 0 Å². The number of rotatable bonds is 4. The summed E-state index contributed by atoms with van der Waals surface area (Å²) in [4.78, 5) is 7.42. The molecule has 0 N–H and O–H groups in total. The average Bonchev–Trinajstić information content (AvgIpc) is 2.14. The summed E-state index contributed by atoms with van der Waals surface area (Å²) in [5, 5.41) is -3.73. The highest BCUT2D eigenvalue weighted by atomic mass is 35.5. The number of hydrogen-bond donors (Lipinski definition) is 0. The van der Waals surface area contributed by atoms with Crippen LogP contribution >= 0.6 is 23.2 Å². The Labute approximate surface area is 116 Å². The summed E-state index contributed by atoms with van der Waals surface area (Å²) in [7, 11) is 27.0. The Bertz CT molecular complexity index is 412. The van der Waals surface area contributed by atoms with Crippen LogP contribution in [0.5, 0.6) is 0 Å². The van der Waals surface area contributed by atoms with E-state index in [0.717, 1.165) is 0 Å². The van der Waals surface area contributed by atoms with Gasteiger partial charge in [0.1, 0.15) is 5.15 Å². The van der Waals surface area contributed by atoms with E-state index in [-0.39, 0.29) is 17.0 Å². The number of ether oxygens (including phenoxy) is 1. The molecule has 0 unspecified atom stereocenters. The summed E-state index contributed by atoms with van der Waals surface area (Å²) in [6, 6.07) is 0. The number of halogens is 2. The first-order valence-electron chi connectivity index (χ1n) is 4.39. The molecule has 1 aromatic heterocycles. The van der Waals surface area contributed by atoms with Crippen LogP contribution in [0.2, 0.25) is 15.5 Å². The van der Waals surface area contributed by atoms with E-state index in [1.165, 1.54) is 6.20 Å². The largest absolute Gasteiger partial charge is 0.391 e. The van der Waals surface area contributed by atoms with E-state index in [2.05, 4.69) is 9.97 Å². The van der Waals surface area contributed by atoms with E-state index in [0.29, 0.717) is 5.56 Å². The van der Waals surface area contributed by atoms with Crippen LogP contribution in [0.4, 0.5) is 0 Å². The molecule has 1 rings (SSSR count). The van der Waals surface area contributed by atoms with E-state index in [1.807, 2.05) is 0 Å². The fourth-order valence-electron chi connectivity index (χ4n) is 0.785. The van der Waals surface area contributed by atoms with Crippen LogP contribution < -0.4 is 0 Å². The molecule has 17 heavy (non-hydrogen) atoms. The summed E-state index contributed by atoms with van der Waals surface area (Å²) < 4.78 is 5.07. The first kappa shape index (κ1) is 15.0. The van der Waals surface area contributed by atoms with Crippen molar-refractivity contribution in [1.82, 2.24) is 9.97 Å². The summed E-state index contributed by atoms with van der Waals surface area (Å²) >= 11 is 11.3. The summed E-state index contributed by atoms with van der Waals surface area (Å²) in [6.07, 6.45) is 1.36. The zero-order valence-corrected chi connectivity index (χ0v) is 10.2. The Hall–Kier alpha value is -0.0553. The lowest BCUT2D eigenvalue weighted by Crippen LogP contribution is -2.48. The maximum atomic E-state index is 5.78. The molecule has 0 aliphatic heterocycles. The third kappa shape index (κ3) is 3.97. The number of nitrogens with zero attached hydrogens (tertiary/aromatic N) is 2. The van der Waals surface area contributed by atoms with Crippen molar-refractivity contribution >= 4 is 62.4 Å². The van der Waals surface area contributed by atoms with Gasteiger partial charge in [-0.15, -0.1) is 5.11 Å². The molecular weight excluding hydrogens is 253 g/mol. The van der Waals surface area contributed by atoms with Gasteiger partial charge in [0, 0.05) is 11.8 Å². The molecule has 76 valence electrons. The monoisotopic (exact) mass is 256 g/mol. The summed E-state index contributed by atoms with van der Waals surface area (Å²) in [5.41, 5.74) is 0.417. The van der Waals surface area contributed by atoms with Gasteiger partial charge in [0.15, 0.2) is 0 Å². The molecule has 0 aliphatic rings. The van der Waals surface area contributed by atoms with Crippen molar-refractivity contribution in [2.45, 2.75) is 17.1 Å². The van der Waals surface area contributed by atoms with Crippen molar-refractivity contribution in [3.05, 3.63) is 22.2 Å². The zero-order chi connectivity index (χ0) is 13.3. The van der Waals surface area contributed by atoms with Crippen molar-refractivity contribution in [3.8, 4) is 0 Å². The zero-order valence-electron chi connectivity index (χ0n) is 8.73. The third-order valence-corrected chi connectivity index (χ3v) is 2.43. The average molecular weight is 256 g/mol. The molecule has 0 spiro atoms. The van der Waals surface area contributed by atoms with Crippen LogP contribution in [-0.4, -0.2) is 54.6 Å². The molecular formula is C7H3B5Cl2N2O. The van der Waals surface area contributed by atoms with Crippen LogP contribution in [-0.2, 0) is 11.3 Å². The molecule has 0 saturated heterocycles. The quantitative estimate of drug-likeness (QED) is 0.427. The second-order valence-electron chi connectivity index (χ2n) is 3.47. The molecule has 1 aromatic rings. The lowest BCUT2D eigenvalue weighted by Gasteiger charge is -2.41. The predicted octanol–water partition coefficient (Wildman–Crippen LogP) is -0.130. The third-order valence-electron chi connectivity index (χ3n) is 1.93. The van der Waals surface area contributed by atoms with Crippen molar-refractivity contribution in [1.29, 1.82) is 0 Å². The molecule has 0 aliphatic carbocycles. The molecule has 0 aromatic carbocycles. The minimum atomic E-state index is -1.93.